The molecule has 0 aromatic heterocycles. The first-order chi connectivity index (χ1) is 13.1. The molecule has 2 heterocycles. The number of nitrogens with one attached hydrogen (secondary N) is 1. The highest BCUT2D eigenvalue weighted by molar-refractivity contribution is 5.88. The van der Waals surface area contributed by atoms with Gasteiger partial charge >= 0.3 is 5.97 Å². The highest BCUT2D eigenvalue weighted by Crippen LogP contribution is 2.44. The van der Waals surface area contributed by atoms with E-state index in [1.54, 1.807) is 0 Å². The van der Waals surface area contributed by atoms with E-state index < -0.39 is 5.60 Å². The van der Waals surface area contributed by atoms with Crippen molar-refractivity contribution < 1.29 is 14.3 Å². The van der Waals surface area contributed by atoms with Gasteiger partial charge in [-0.05, 0) is 63.1 Å². The summed E-state index contributed by atoms with van der Waals surface area (Å²) in [5, 5.41) is 3.24. The summed E-state index contributed by atoms with van der Waals surface area (Å²) in [7, 11) is 0. The van der Waals surface area contributed by atoms with Crippen LogP contribution in [-0.4, -0.2) is 36.6 Å². The number of carbonyl (C=O) groups excluding carboxylic acids is 2. The number of nitrogens with zero attached hydrogens (tertiary/aromatic N) is 1. The molecule has 1 aromatic rings. The van der Waals surface area contributed by atoms with Crippen LogP contribution in [0.25, 0.3) is 0 Å². The molecule has 5 nitrogen and oxygen atoms in total. The maximum absolute atomic E-state index is 13.0. The highest BCUT2D eigenvalue weighted by Gasteiger charge is 2.53. The lowest BCUT2D eigenvalue weighted by Crippen LogP contribution is -2.50. The molecule has 2 saturated heterocycles. The molecule has 3 fully saturated rings. The summed E-state index contributed by atoms with van der Waals surface area (Å²) in [6, 6.07) is 8.77. The van der Waals surface area contributed by atoms with Crippen molar-refractivity contribution in [1.82, 2.24) is 5.32 Å². The van der Waals surface area contributed by atoms with Crippen molar-refractivity contribution in [3.63, 3.8) is 0 Å². The van der Waals surface area contributed by atoms with Gasteiger partial charge in [0.15, 0.2) is 0 Å². The van der Waals surface area contributed by atoms with Crippen LogP contribution >= 0.6 is 0 Å². The average molecular weight is 370 g/mol. The molecule has 1 atom stereocenters. The van der Waals surface area contributed by atoms with Gasteiger partial charge in [0, 0.05) is 24.8 Å². The van der Waals surface area contributed by atoms with Crippen molar-refractivity contribution in [2.45, 2.75) is 69.9 Å². The summed E-state index contributed by atoms with van der Waals surface area (Å²) in [6.45, 7) is 4.00. The third-order valence-corrected chi connectivity index (χ3v) is 6.55. The molecule has 1 amide bonds. The number of aryl methyl sites for hydroxylation is 1. The van der Waals surface area contributed by atoms with E-state index in [9.17, 15) is 9.59 Å². The van der Waals surface area contributed by atoms with Crippen molar-refractivity contribution in [2.75, 3.05) is 18.0 Å². The standard InChI is InChI=1S/C22H30N2O3/c1-16-6-5-7-18(14-16)24-12-8-17(9-13-24)23-21(26)19-15-20(25)27-22(19)10-3-2-4-11-22/h5-7,14,17,19H,2-4,8-13,15H2,1H3,(H,23,26). The Balaban J connectivity index is 1.34. The molecule has 3 aliphatic rings. The number of piperidine rings is 1. The Morgan fingerprint density at radius 1 is 1.19 bits per heavy atom. The number of carbonyl (C=O) groups is 2. The molecule has 1 spiro atoms. The molecule has 146 valence electrons. The molecule has 0 bridgehead atoms. The molecular formula is C22H30N2O3. The zero-order valence-electron chi connectivity index (χ0n) is 16.2. The molecule has 5 heteroatoms. The van der Waals surface area contributed by atoms with E-state index >= 15 is 0 Å². The Bertz CT molecular complexity index is 703. The molecule has 27 heavy (non-hydrogen) atoms. The summed E-state index contributed by atoms with van der Waals surface area (Å²) in [4.78, 5) is 27.3. The molecular weight excluding hydrogens is 340 g/mol. The number of ether oxygens (including phenoxy) is 1. The number of amides is 1. The van der Waals surface area contributed by atoms with Gasteiger partial charge in [0.1, 0.15) is 5.60 Å². The van der Waals surface area contributed by atoms with E-state index in [0.717, 1.165) is 51.6 Å². The van der Waals surface area contributed by atoms with Gasteiger partial charge in [-0.2, -0.15) is 0 Å². The van der Waals surface area contributed by atoms with Gasteiger partial charge in [0.05, 0.1) is 12.3 Å². The van der Waals surface area contributed by atoms with Crippen LogP contribution in [0.1, 0.15) is 56.9 Å². The lowest BCUT2D eigenvalue weighted by molar-refractivity contribution is -0.153. The van der Waals surface area contributed by atoms with E-state index in [-0.39, 0.29) is 30.3 Å². The molecule has 2 aliphatic heterocycles. The van der Waals surface area contributed by atoms with Crippen molar-refractivity contribution >= 4 is 17.6 Å². The molecule has 1 saturated carbocycles. The summed E-state index contributed by atoms with van der Waals surface area (Å²) in [6.07, 6.45) is 7.06. The number of hydrogen-bond donors (Lipinski definition) is 1. The van der Waals surface area contributed by atoms with E-state index in [4.69, 9.17) is 4.74 Å². The zero-order chi connectivity index (χ0) is 18.9. The van der Waals surface area contributed by atoms with Crippen LogP contribution in [0.3, 0.4) is 0 Å². The second-order valence-corrected chi connectivity index (χ2v) is 8.47. The van der Waals surface area contributed by atoms with Gasteiger partial charge in [0.2, 0.25) is 5.91 Å². The first-order valence-corrected chi connectivity index (χ1v) is 10.4. The van der Waals surface area contributed by atoms with E-state index in [1.165, 1.54) is 17.7 Å². The summed E-state index contributed by atoms with van der Waals surface area (Å²) in [5.74, 6) is -0.483. The predicted molar refractivity (Wildman–Crippen MR) is 105 cm³/mol. The third kappa shape index (κ3) is 3.83. The molecule has 1 aromatic carbocycles. The van der Waals surface area contributed by atoms with Crippen LogP contribution < -0.4 is 10.2 Å². The average Bonchev–Trinajstić information content (AvgIpc) is 2.98. The van der Waals surface area contributed by atoms with Crippen LogP contribution in [0, 0.1) is 12.8 Å². The van der Waals surface area contributed by atoms with Crippen LogP contribution in [0.15, 0.2) is 24.3 Å². The Morgan fingerprint density at radius 3 is 2.63 bits per heavy atom. The van der Waals surface area contributed by atoms with Gasteiger partial charge in [-0.3, -0.25) is 9.59 Å². The third-order valence-electron chi connectivity index (χ3n) is 6.55. The fourth-order valence-corrected chi connectivity index (χ4v) is 5.03. The minimum Gasteiger partial charge on any atom is -0.458 e. The molecule has 1 N–H and O–H groups in total. The van der Waals surface area contributed by atoms with Gasteiger partial charge in [-0.1, -0.05) is 18.6 Å². The summed E-state index contributed by atoms with van der Waals surface area (Å²) >= 11 is 0. The first kappa shape index (κ1) is 18.3. The van der Waals surface area contributed by atoms with Crippen LogP contribution in [0.4, 0.5) is 5.69 Å². The number of esters is 1. The second kappa shape index (κ2) is 7.53. The van der Waals surface area contributed by atoms with E-state index in [2.05, 4.69) is 41.4 Å². The lowest BCUT2D eigenvalue weighted by atomic mass is 9.75. The van der Waals surface area contributed by atoms with Crippen LogP contribution in [-0.2, 0) is 14.3 Å². The molecule has 1 unspecified atom stereocenters. The van der Waals surface area contributed by atoms with Crippen LogP contribution in [0.5, 0.6) is 0 Å². The number of hydrogen-bond acceptors (Lipinski definition) is 4. The van der Waals surface area contributed by atoms with Crippen molar-refractivity contribution in [2.24, 2.45) is 5.92 Å². The topological polar surface area (TPSA) is 58.6 Å². The molecule has 0 radical (unpaired) electrons. The first-order valence-electron chi connectivity index (χ1n) is 10.4. The molecule has 4 rings (SSSR count). The fourth-order valence-electron chi connectivity index (χ4n) is 5.03. The fraction of sp³-hybridized carbons (Fsp3) is 0.636. The minimum atomic E-state index is -0.526. The molecule has 1 aliphatic carbocycles. The summed E-state index contributed by atoms with van der Waals surface area (Å²) < 4.78 is 5.69. The predicted octanol–water partition coefficient (Wildman–Crippen LogP) is 3.35. The van der Waals surface area contributed by atoms with E-state index in [1.807, 2.05) is 0 Å². The number of benzene rings is 1. The number of anilines is 1. The highest BCUT2D eigenvalue weighted by atomic mass is 16.6. The summed E-state index contributed by atoms with van der Waals surface area (Å²) in [5.41, 5.74) is 2.00. The zero-order valence-corrected chi connectivity index (χ0v) is 16.2. The van der Waals surface area contributed by atoms with Crippen molar-refractivity contribution in [3.8, 4) is 0 Å². The Morgan fingerprint density at radius 2 is 1.93 bits per heavy atom. The normalized spacial score (nSPS) is 25.4. The van der Waals surface area contributed by atoms with Gasteiger partial charge in [0.25, 0.3) is 0 Å². The Labute approximate surface area is 161 Å². The smallest absolute Gasteiger partial charge is 0.307 e. The minimum absolute atomic E-state index is 0.0248. The van der Waals surface area contributed by atoms with Crippen molar-refractivity contribution in [3.05, 3.63) is 29.8 Å². The quantitative estimate of drug-likeness (QED) is 0.829. The second-order valence-electron chi connectivity index (χ2n) is 8.47. The number of rotatable bonds is 3. The van der Waals surface area contributed by atoms with Gasteiger partial charge < -0.3 is 15.0 Å². The lowest BCUT2D eigenvalue weighted by Gasteiger charge is -2.38. The van der Waals surface area contributed by atoms with Crippen molar-refractivity contribution in [1.29, 1.82) is 0 Å². The largest absolute Gasteiger partial charge is 0.458 e. The van der Waals surface area contributed by atoms with Gasteiger partial charge in [-0.15, -0.1) is 0 Å². The monoisotopic (exact) mass is 370 g/mol. The Hall–Kier alpha value is -2.04. The maximum atomic E-state index is 13.0. The Kier molecular flexibility index (Phi) is 5.11. The van der Waals surface area contributed by atoms with Gasteiger partial charge in [-0.25, -0.2) is 0 Å². The van der Waals surface area contributed by atoms with Crippen LogP contribution in [0.2, 0.25) is 0 Å². The maximum Gasteiger partial charge on any atom is 0.307 e. The SMILES string of the molecule is Cc1cccc(N2CCC(NC(=O)C3CC(=O)OC34CCCCC4)CC2)c1. The van der Waals surface area contributed by atoms with E-state index in [0.29, 0.717) is 0 Å².